The van der Waals surface area contributed by atoms with Crippen LogP contribution < -0.4 is 5.32 Å². The molecule has 0 aliphatic heterocycles. The Morgan fingerprint density at radius 2 is 2.17 bits per heavy atom. The molecular weight excluding hydrogens is 248 g/mol. The molecule has 0 fully saturated rings. The third-order valence-electron chi connectivity index (χ3n) is 2.89. The van der Waals surface area contributed by atoms with E-state index >= 15 is 0 Å². The van der Waals surface area contributed by atoms with Gasteiger partial charge in [0, 0.05) is 11.4 Å². The lowest BCUT2D eigenvalue weighted by atomic mass is 10.2. The van der Waals surface area contributed by atoms with Crippen LogP contribution in [0.25, 0.3) is 10.9 Å². The molecule has 0 aliphatic rings. The number of benzene rings is 1. The predicted octanol–water partition coefficient (Wildman–Crippen LogP) is 3.42. The van der Waals surface area contributed by atoms with Crippen LogP contribution in [0.4, 0.5) is 0 Å². The van der Waals surface area contributed by atoms with E-state index in [2.05, 4.69) is 10.3 Å². The predicted molar refractivity (Wildman–Crippen MR) is 74.0 cm³/mol. The Hall–Kier alpha value is -1.61. The zero-order valence-corrected chi connectivity index (χ0v) is 11.2. The number of carbonyl (C=O) groups excluding carboxylic acids is 1. The highest BCUT2D eigenvalue weighted by atomic mass is 35.5. The molecule has 18 heavy (non-hydrogen) atoms. The Kier molecular flexibility index (Phi) is 3.82. The fourth-order valence-corrected chi connectivity index (χ4v) is 1.91. The molecule has 1 unspecified atom stereocenters. The topological polar surface area (TPSA) is 42.0 Å². The van der Waals surface area contributed by atoms with Crippen molar-refractivity contribution in [2.24, 2.45) is 0 Å². The standard InChI is InChI=1S/C14H15ClN2O/c1-3-9(2)16-14(18)13-8-11(15)10-6-4-5-7-12(10)17-13/h4-9H,3H2,1-2H3,(H,16,18). The lowest BCUT2D eigenvalue weighted by Crippen LogP contribution is -2.32. The number of amides is 1. The maximum absolute atomic E-state index is 12.0. The van der Waals surface area contributed by atoms with Gasteiger partial charge >= 0.3 is 0 Å². The molecule has 0 saturated carbocycles. The van der Waals surface area contributed by atoms with Crippen molar-refractivity contribution in [3.8, 4) is 0 Å². The van der Waals surface area contributed by atoms with Crippen molar-refractivity contribution in [1.29, 1.82) is 0 Å². The monoisotopic (exact) mass is 262 g/mol. The highest BCUT2D eigenvalue weighted by Crippen LogP contribution is 2.22. The van der Waals surface area contributed by atoms with E-state index < -0.39 is 0 Å². The third-order valence-corrected chi connectivity index (χ3v) is 3.20. The van der Waals surface area contributed by atoms with Crippen molar-refractivity contribution in [3.05, 3.63) is 41.0 Å². The molecule has 2 aromatic rings. The lowest BCUT2D eigenvalue weighted by Gasteiger charge is -2.11. The van der Waals surface area contributed by atoms with Crippen LogP contribution >= 0.6 is 11.6 Å². The number of aromatic nitrogens is 1. The minimum absolute atomic E-state index is 0.129. The van der Waals surface area contributed by atoms with E-state index in [1.165, 1.54) is 0 Å². The zero-order chi connectivity index (χ0) is 13.1. The second-order valence-corrected chi connectivity index (χ2v) is 4.70. The van der Waals surface area contributed by atoms with Crippen LogP contribution in [-0.2, 0) is 0 Å². The van der Waals surface area contributed by atoms with Crippen LogP contribution in [0, 0.1) is 0 Å². The van der Waals surface area contributed by atoms with Crippen LogP contribution in [-0.4, -0.2) is 16.9 Å². The van der Waals surface area contributed by atoms with Crippen LogP contribution in [0.2, 0.25) is 5.02 Å². The van der Waals surface area contributed by atoms with Crippen molar-refractivity contribution in [3.63, 3.8) is 0 Å². The minimum atomic E-state index is -0.183. The Labute approximate surface area is 111 Å². The maximum atomic E-state index is 12.0. The van der Waals surface area contributed by atoms with Gasteiger partial charge in [-0.25, -0.2) is 4.98 Å². The number of nitrogens with one attached hydrogen (secondary N) is 1. The smallest absolute Gasteiger partial charge is 0.270 e. The summed E-state index contributed by atoms with van der Waals surface area (Å²) in [6.07, 6.45) is 0.882. The minimum Gasteiger partial charge on any atom is -0.348 e. The van der Waals surface area contributed by atoms with Gasteiger partial charge in [0.05, 0.1) is 10.5 Å². The van der Waals surface area contributed by atoms with Gasteiger partial charge in [-0.1, -0.05) is 36.7 Å². The van der Waals surface area contributed by atoms with E-state index in [1.54, 1.807) is 6.07 Å². The molecule has 2 rings (SSSR count). The fraction of sp³-hybridized carbons (Fsp3) is 0.286. The van der Waals surface area contributed by atoms with E-state index in [4.69, 9.17) is 11.6 Å². The number of pyridine rings is 1. The first-order chi connectivity index (χ1) is 8.61. The highest BCUT2D eigenvalue weighted by molar-refractivity contribution is 6.35. The first-order valence-electron chi connectivity index (χ1n) is 5.98. The Bertz CT molecular complexity index is 583. The van der Waals surface area contributed by atoms with E-state index in [9.17, 15) is 4.79 Å². The number of hydrogen-bond acceptors (Lipinski definition) is 2. The molecule has 1 N–H and O–H groups in total. The number of hydrogen-bond donors (Lipinski definition) is 1. The van der Waals surface area contributed by atoms with Gasteiger partial charge in [0.2, 0.25) is 0 Å². The SMILES string of the molecule is CCC(C)NC(=O)c1cc(Cl)c2ccccc2n1. The zero-order valence-electron chi connectivity index (χ0n) is 10.4. The maximum Gasteiger partial charge on any atom is 0.270 e. The first kappa shape index (κ1) is 12.8. The molecule has 0 aliphatic carbocycles. The summed E-state index contributed by atoms with van der Waals surface area (Å²) >= 11 is 6.16. The molecule has 0 spiro atoms. The van der Waals surface area contributed by atoms with Gasteiger partial charge in [-0.15, -0.1) is 0 Å². The summed E-state index contributed by atoms with van der Waals surface area (Å²) in [6.45, 7) is 3.98. The number of halogens is 1. The molecule has 0 saturated heterocycles. The van der Waals surface area contributed by atoms with Gasteiger partial charge in [0.15, 0.2) is 0 Å². The van der Waals surface area contributed by atoms with Gasteiger partial charge < -0.3 is 5.32 Å². The number of nitrogens with zero attached hydrogens (tertiary/aromatic N) is 1. The van der Waals surface area contributed by atoms with E-state index in [-0.39, 0.29) is 11.9 Å². The Morgan fingerprint density at radius 3 is 2.89 bits per heavy atom. The van der Waals surface area contributed by atoms with Crippen molar-refractivity contribution in [1.82, 2.24) is 10.3 Å². The summed E-state index contributed by atoms with van der Waals surface area (Å²) in [5.74, 6) is -0.183. The van der Waals surface area contributed by atoms with Crippen molar-refractivity contribution in [2.75, 3.05) is 0 Å². The Morgan fingerprint density at radius 1 is 1.44 bits per heavy atom. The van der Waals surface area contributed by atoms with Crippen molar-refractivity contribution >= 4 is 28.4 Å². The summed E-state index contributed by atoms with van der Waals surface area (Å²) in [4.78, 5) is 16.3. The van der Waals surface area contributed by atoms with Gasteiger partial charge in [0.25, 0.3) is 5.91 Å². The lowest BCUT2D eigenvalue weighted by molar-refractivity contribution is 0.0934. The quantitative estimate of drug-likeness (QED) is 0.921. The molecule has 4 heteroatoms. The fourth-order valence-electron chi connectivity index (χ4n) is 1.65. The summed E-state index contributed by atoms with van der Waals surface area (Å²) in [7, 11) is 0. The summed E-state index contributed by atoms with van der Waals surface area (Å²) in [5, 5.41) is 4.29. The van der Waals surface area contributed by atoms with Gasteiger partial charge in [-0.3, -0.25) is 4.79 Å². The van der Waals surface area contributed by atoms with Crippen LogP contribution in [0.15, 0.2) is 30.3 Å². The van der Waals surface area contributed by atoms with Crippen LogP contribution in [0.1, 0.15) is 30.8 Å². The van der Waals surface area contributed by atoms with Gasteiger partial charge in [0.1, 0.15) is 5.69 Å². The highest BCUT2D eigenvalue weighted by Gasteiger charge is 2.12. The number of rotatable bonds is 3. The molecular formula is C14H15ClN2O. The van der Waals surface area contributed by atoms with Crippen LogP contribution in [0.5, 0.6) is 0 Å². The van der Waals surface area contributed by atoms with Crippen LogP contribution in [0.3, 0.4) is 0 Å². The number of para-hydroxylation sites is 1. The summed E-state index contributed by atoms with van der Waals surface area (Å²) < 4.78 is 0. The normalized spacial score (nSPS) is 12.4. The van der Waals surface area contributed by atoms with E-state index in [0.29, 0.717) is 10.7 Å². The molecule has 1 atom stereocenters. The molecule has 1 amide bonds. The van der Waals surface area contributed by atoms with Gasteiger partial charge in [-0.2, -0.15) is 0 Å². The first-order valence-corrected chi connectivity index (χ1v) is 6.35. The average Bonchev–Trinajstić information content (AvgIpc) is 2.38. The molecule has 1 aromatic heterocycles. The van der Waals surface area contributed by atoms with E-state index in [0.717, 1.165) is 17.3 Å². The molecule has 3 nitrogen and oxygen atoms in total. The molecule has 1 aromatic carbocycles. The second kappa shape index (κ2) is 5.36. The molecule has 0 radical (unpaired) electrons. The second-order valence-electron chi connectivity index (χ2n) is 4.29. The van der Waals surface area contributed by atoms with E-state index in [1.807, 2.05) is 38.1 Å². The van der Waals surface area contributed by atoms with Crippen molar-refractivity contribution in [2.45, 2.75) is 26.3 Å². The largest absolute Gasteiger partial charge is 0.348 e. The average molecular weight is 263 g/mol. The molecule has 94 valence electrons. The summed E-state index contributed by atoms with van der Waals surface area (Å²) in [6, 6.07) is 9.25. The molecule has 1 heterocycles. The third kappa shape index (κ3) is 2.62. The summed E-state index contributed by atoms with van der Waals surface area (Å²) in [5.41, 5.74) is 1.10. The molecule has 0 bridgehead atoms. The number of fused-ring (bicyclic) bond motifs is 1. The Balaban J connectivity index is 2.37. The van der Waals surface area contributed by atoms with Gasteiger partial charge in [-0.05, 0) is 25.5 Å². The number of carbonyl (C=O) groups is 1. The van der Waals surface area contributed by atoms with Crippen molar-refractivity contribution < 1.29 is 4.79 Å².